The first-order valence-corrected chi connectivity index (χ1v) is 10.2. The van der Waals surface area contributed by atoms with Gasteiger partial charge in [-0.05, 0) is 43.2 Å². The van der Waals surface area contributed by atoms with E-state index in [4.69, 9.17) is 0 Å². The summed E-state index contributed by atoms with van der Waals surface area (Å²) in [7, 11) is -1.85. The predicted octanol–water partition coefficient (Wildman–Crippen LogP) is 2.76. The Hall–Kier alpha value is -2.25. The number of thiazole rings is 1. The van der Waals surface area contributed by atoms with Gasteiger partial charge in [0.1, 0.15) is 5.75 Å². The van der Waals surface area contributed by atoms with Gasteiger partial charge in [0.15, 0.2) is 14.6 Å². The number of aromatic nitrogens is 1. The van der Waals surface area contributed by atoms with E-state index in [1.165, 1.54) is 23.5 Å². The molecule has 130 valence electrons. The van der Waals surface area contributed by atoms with Crippen LogP contribution in [0, 0.1) is 13.8 Å². The molecule has 0 aliphatic rings. The maximum Gasteiger partial charge on any atom is 0.263 e. The van der Waals surface area contributed by atoms with Crippen molar-refractivity contribution in [1.82, 2.24) is 4.57 Å². The number of carbonyl (C=O) groups excluding carboxylic acids is 1. The molecule has 7 heteroatoms. The number of aryl methyl sites for hydroxylation is 3. The van der Waals surface area contributed by atoms with Crippen molar-refractivity contribution in [2.75, 3.05) is 5.75 Å². The topological polar surface area (TPSA) is 68.5 Å². The van der Waals surface area contributed by atoms with E-state index < -0.39 is 21.5 Å². The second kappa shape index (κ2) is 6.57. The number of hydrogen-bond donors (Lipinski definition) is 0. The Labute approximate surface area is 150 Å². The van der Waals surface area contributed by atoms with Gasteiger partial charge in [-0.1, -0.05) is 35.6 Å². The number of sulfone groups is 1. The van der Waals surface area contributed by atoms with Crippen LogP contribution >= 0.6 is 11.3 Å². The zero-order valence-electron chi connectivity index (χ0n) is 14.2. The van der Waals surface area contributed by atoms with Crippen molar-refractivity contribution in [3.8, 4) is 0 Å². The molecule has 2 aromatic carbocycles. The molecule has 3 aromatic rings. The molecule has 3 rings (SSSR count). The molecule has 1 heterocycles. The van der Waals surface area contributed by atoms with Gasteiger partial charge in [-0.2, -0.15) is 4.99 Å². The van der Waals surface area contributed by atoms with E-state index in [0.29, 0.717) is 4.80 Å². The summed E-state index contributed by atoms with van der Waals surface area (Å²) in [6.45, 7) is 4.02. The highest BCUT2D eigenvalue weighted by molar-refractivity contribution is 7.92. The molecular weight excluding hydrogens is 356 g/mol. The second-order valence-corrected chi connectivity index (χ2v) is 8.95. The van der Waals surface area contributed by atoms with E-state index in [2.05, 4.69) is 11.1 Å². The SMILES string of the molecule is Cc1cc(C)c2c(c1)sc(=NC(=O)CS(=O)(=O)c1ccccc1)n2C. The summed E-state index contributed by atoms with van der Waals surface area (Å²) in [5.41, 5.74) is 3.24. The van der Waals surface area contributed by atoms with Crippen molar-refractivity contribution in [3.63, 3.8) is 0 Å². The number of nitrogens with zero attached hydrogens (tertiary/aromatic N) is 2. The van der Waals surface area contributed by atoms with Gasteiger partial charge in [0.2, 0.25) is 0 Å². The monoisotopic (exact) mass is 374 g/mol. The maximum atomic E-state index is 12.3. The summed E-state index contributed by atoms with van der Waals surface area (Å²) in [5, 5.41) is 0. The van der Waals surface area contributed by atoms with Gasteiger partial charge in [-0.3, -0.25) is 4.79 Å². The first-order chi connectivity index (χ1) is 11.8. The number of benzene rings is 2. The Morgan fingerprint density at radius 1 is 1.16 bits per heavy atom. The van der Waals surface area contributed by atoms with Gasteiger partial charge in [0.05, 0.1) is 15.1 Å². The third-order valence-corrected chi connectivity index (χ3v) is 6.57. The summed E-state index contributed by atoms with van der Waals surface area (Å²) in [6, 6.07) is 12.1. The van der Waals surface area contributed by atoms with E-state index in [1.54, 1.807) is 18.2 Å². The first-order valence-electron chi connectivity index (χ1n) is 7.70. The average molecular weight is 374 g/mol. The zero-order valence-corrected chi connectivity index (χ0v) is 15.8. The quantitative estimate of drug-likeness (QED) is 0.708. The highest BCUT2D eigenvalue weighted by atomic mass is 32.2. The Bertz CT molecular complexity index is 1120. The second-order valence-electron chi connectivity index (χ2n) is 5.95. The number of fused-ring (bicyclic) bond motifs is 1. The predicted molar refractivity (Wildman–Crippen MR) is 99.3 cm³/mol. The molecule has 0 spiro atoms. The highest BCUT2D eigenvalue weighted by Gasteiger charge is 2.19. The Kier molecular flexibility index (Phi) is 4.62. The molecule has 0 bridgehead atoms. The minimum absolute atomic E-state index is 0.130. The zero-order chi connectivity index (χ0) is 18.2. The number of hydrogen-bond acceptors (Lipinski definition) is 4. The van der Waals surface area contributed by atoms with Crippen LogP contribution in [-0.2, 0) is 21.7 Å². The van der Waals surface area contributed by atoms with Gasteiger partial charge in [0.25, 0.3) is 5.91 Å². The Balaban J connectivity index is 1.99. The van der Waals surface area contributed by atoms with Gasteiger partial charge in [-0.15, -0.1) is 0 Å². The molecule has 0 unspecified atom stereocenters. The summed E-state index contributed by atoms with van der Waals surface area (Å²) in [5.74, 6) is -1.30. The third kappa shape index (κ3) is 3.57. The third-order valence-electron chi connectivity index (χ3n) is 3.87. The standard InChI is InChI=1S/C18H18N2O3S2/c1-12-9-13(2)17-15(10-12)24-18(20(17)3)19-16(21)11-25(22,23)14-7-5-4-6-8-14/h4-10H,11H2,1-3H3. The van der Waals surface area contributed by atoms with Crippen LogP contribution in [0.25, 0.3) is 10.2 Å². The Morgan fingerprint density at radius 2 is 1.84 bits per heavy atom. The van der Waals surface area contributed by atoms with Crippen LogP contribution in [-0.4, -0.2) is 24.6 Å². The van der Waals surface area contributed by atoms with E-state index >= 15 is 0 Å². The lowest BCUT2D eigenvalue weighted by molar-refractivity contribution is -0.115. The molecule has 0 saturated carbocycles. The van der Waals surface area contributed by atoms with Crippen LogP contribution in [0.1, 0.15) is 11.1 Å². The lowest BCUT2D eigenvalue weighted by Crippen LogP contribution is -2.19. The van der Waals surface area contributed by atoms with Crippen LogP contribution in [0.5, 0.6) is 0 Å². The lowest BCUT2D eigenvalue weighted by atomic mass is 10.1. The van der Waals surface area contributed by atoms with Crippen LogP contribution < -0.4 is 4.80 Å². The molecule has 0 N–H and O–H groups in total. The van der Waals surface area contributed by atoms with Gasteiger partial charge in [0, 0.05) is 7.05 Å². The molecule has 0 radical (unpaired) electrons. The number of amides is 1. The largest absolute Gasteiger partial charge is 0.319 e. The van der Waals surface area contributed by atoms with E-state index in [0.717, 1.165) is 21.3 Å². The van der Waals surface area contributed by atoms with Crippen molar-refractivity contribution in [2.24, 2.45) is 12.0 Å². The van der Waals surface area contributed by atoms with Crippen molar-refractivity contribution < 1.29 is 13.2 Å². The molecule has 0 atom stereocenters. The van der Waals surface area contributed by atoms with Crippen molar-refractivity contribution in [1.29, 1.82) is 0 Å². The van der Waals surface area contributed by atoms with Crippen LogP contribution in [0.2, 0.25) is 0 Å². The van der Waals surface area contributed by atoms with E-state index in [9.17, 15) is 13.2 Å². The van der Waals surface area contributed by atoms with Gasteiger partial charge in [-0.25, -0.2) is 8.42 Å². The fourth-order valence-electron chi connectivity index (χ4n) is 2.80. The Morgan fingerprint density at radius 3 is 2.52 bits per heavy atom. The maximum absolute atomic E-state index is 12.3. The van der Waals surface area contributed by atoms with Crippen LogP contribution in [0.3, 0.4) is 0 Å². The summed E-state index contributed by atoms with van der Waals surface area (Å²) in [6.07, 6.45) is 0. The summed E-state index contributed by atoms with van der Waals surface area (Å²) >= 11 is 1.38. The summed E-state index contributed by atoms with van der Waals surface area (Å²) < 4.78 is 27.5. The molecule has 0 fully saturated rings. The van der Waals surface area contributed by atoms with Gasteiger partial charge >= 0.3 is 0 Å². The minimum atomic E-state index is -3.69. The number of carbonyl (C=O) groups is 1. The van der Waals surface area contributed by atoms with Crippen LogP contribution in [0.4, 0.5) is 0 Å². The van der Waals surface area contributed by atoms with E-state index in [1.807, 2.05) is 31.5 Å². The molecule has 0 aliphatic carbocycles. The molecular formula is C18H18N2O3S2. The number of rotatable bonds is 3. The smallest absolute Gasteiger partial charge is 0.263 e. The van der Waals surface area contributed by atoms with Crippen molar-refractivity contribution in [2.45, 2.75) is 18.7 Å². The highest BCUT2D eigenvalue weighted by Crippen LogP contribution is 2.22. The molecule has 25 heavy (non-hydrogen) atoms. The molecule has 5 nitrogen and oxygen atoms in total. The lowest BCUT2D eigenvalue weighted by Gasteiger charge is -2.02. The molecule has 1 amide bonds. The van der Waals surface area contributed by atoms with E-state index in [-0.39, 0.29) is 4.90 Å². The minimum Gasteiger partial charge on any atom is -0.319 e. The molecule has 0 aliphatic heterocycles. The van der Waals surface area contributed by atoms with Crippen molar-refractivity contribution >= 4 is 37.3 Å². The molecule has 0 saturated heterocycles. The van der Waals surface area contributed by atoms with Gasteiger partial charge < -0.3 is 4.57 Å². The first kappa shape index (κ1) is 17.6. The fourth-order valence-corrected chi connectivity index (χ4v) is 5.14. The molecule has 1 aromatic heterocycles. The van der Waals surface area contributed by atoms with Crippen molar-refractivity contribution in [3.05, 3.63) is 58.4 Å². The average Bonchev–Trinajstić information content (AvgIpc) is 2.83. The summed E-state index contributed by atoms with van der Waals surface area (Å²) in [4.78, 5) is 16.9. The fraction of sp³-hybridized carbons (Fsp3) is 0.222. The van der Waals surface area contributed by atoms with Crippen LogP contribution in [0.15, 0.2) is 52.4 Å². The normalized spacial score (nSPS) is 12.7.